The Morgan fingerprint density at radius 2 is 2.26 bits per heavy atom. The molecule has 2 atom stereocenters. The van der Waals surface area contributed by atoms with E-state index in [0.717, 1.165) is 6.20 Å². The van der Waals surface area contributed by atoms with Gasteiger partial charge in [-0.3, -0.25) is 9.78 Å². The zero-order chi connectivity index (χ0) is 14.3. The van der Waals surface area contributed by atoms with Crippen molar-refractivity contribution in [2.45, 2.75) is 37.6 Å². The first kappa shape index (κ1) is 13.8. The Labute approximate surface area is 107 Å². The van der Waals surface area contributed by atoms with Gasteiger partial charge < -0.3 is 10.4 Å². The van der Waals surface area contributed by atoms with Gasteiger partial charge in [0.1, 0.15) is 5.69 Å². The number of hydrogen-bond donors (Lipinski definition) is 2. The van der Waals surface area contributed by atoms with E-state index in [-0.39, 0.29) is 5.56 Å². The van der Waals surface area contributed by atoms with Crippen LogP contribution in [0.1, 0.15) is 35.8 Å². The highest BCUT2D eigenvalue weighted by atomic mass is 19.4. The zero-order valence-corrected chi connectivity index (χ0v) is 10.2. The van der Waals surface area contributed by atoms with Gasteiger partial charge in [-0.1, -0.05) is 0 Å². The van der Waals surface area contributed by atoms with Crippen molar-refractivity contribution in [3.8, 4) is 0 Å². The highest BCUT2D eigenvalue weighted by Gasteiger charge is 2.42. The van der Waals surface area contributed by atoms with E-state index in [4.69, 9.17) is 0 Å². The van der Waals surface area contributed by atoms with Crippen molar-refractivity contribution in [3.63, 3.8) is 0 Å². The van der Waals surface area contributed by atoms with Gasteiger partial charge in [0, 0.05) is 11.8 Å². The number of carbonyl (C=O) groups is 1. The molecule has 104 valence electrons. The topological polar surface area (TPSA) is 62.2 Å². The normalized spacial score (nSPS) is 26.7. The van der Waals surface area contributed by atoms with E-state index in [2.05, 4.69) is 10.3 Å². The first-order valence-corrected chi connectivity index (χ1v) is 5.76. The average molecular weight is 274 g/mol. The number of alkyl halides is 3. The Bertz CT molecular complexity index is 500. The second-order valence-electron chi connectivity index (χ2n) is 4.85. The van der Waals surface area contributed by atoms with E-state index in [1.54, 1.807) is 6.92 Å². The van der Waals surface area contributed by atoms with Gasteiger partial charge in [0.05, 0.1) is 11.6 Å². The number of amides is 1. The minimum absolute atomic E-state index is 0.120. The van der Waals surface area contributed by atoms with Gasteiger partial charge in [-0.25, -0.2) is 0 Å². The van der Waals surface area contributed by atoms with Gasteiger partial charge >= 0.3 is 6.18 Å². The molecule has 19 heavy (non-hydrogen) atoms. The SMILES string of the molecule is C[C@@]1(O)CC[C@H]1NC(=O)c1ccnc(C(F)(F)F)c1. The average Bonchev–Trinajstić information content (AvgIpc) is 2.33. The maximum absolute atomic E-state index is 12.5. The van der Waals surface area contributed by atoms with Crippen molar-refractivity contribution < 1.29 is 23.1 Å². The molecule has 1 amide bonds. The van der Waals surface area contributed by atoms with Gasteiger partial charge in [-0.2, -0.15) is 13.2 Å². The van der Waals surface area contributed by atoms with E-state index >= 15 is 0 Å². The predicted molar refractivity (Wildman–Crippen MR) is 60.4 cm³/mol. The van der Waals surface area contributed by atoms with Crippen molar-refractivity contribution >= 4 is 5.91 Å². The summed E-state index contributed by atoms with van der Waals surface area (Å²) in [6, 6.07) is 1.48. The summed E-state index contributed by atoms with van der Waals surface area (Å²) in [4.78, 5) is 15.0. The summed E-state index contributed by atoms with van der Waals surface area (Å²) >= 11 is 0. The minimum Gasteiger partial charge on any atom is -0.388 e. The number of halogens is 3. The van der Waals surface area contributed by atoms with Crippen molar-refractivity contribution in [1.82, 2.24) is 10.3 Å². The lowest BCUT2D eigenvalue weighted by atomic mass is 9.76. The molecule has 4 nitrogen and oxygen atoms in total. The number of nitrogens with one attached hydrogen (secondary N) is 1. The predicted octanol–water partition coefficient (Wildman–Crippen LogP) is 1.74. The molecule has 1 aromatic heterocycles. The van der Waals surface area contributed by atoms with Crippen LogP contribution in [0.25, 0.3) is 0 Å². The summed E-state index contributed by atoms with van der Waals surface area (Å²) in [6.07, 6.45) is -2.48. The van der Waals surface area contributed by atoms with Crippen molar-refractivity contribution in [1.29, 1.82) is 0 Å². The fourth-order valence-corrected chi connectivity index (χ4v) is 1.90. The molecule has 7 heteroatoms. The molecule has 1 heterocycles. The molecular weight excluding hydrogens is 261 g/mol. The van der Waals surface area contributed by atoms with Crippen LogP contribution in [0.15, 0.2) is 18.3 Å². The number of hydrogen-bond acceptors (Lipinski definition) is 3. The Kier molecular flexibility index (Phi) is 3.25. The lowest BCUT2D eigenvalue weighted by Gasteiger charge is -2.42. The molecule has 1 aromatic rings. The second kappa shape index (κ2) is 4.48. The van der Waals surface area contributed by atoms with Crippen LogP contribution in [0, 0.1) is 0 Å². The molecule has 1 saturated carbocycles. The third kappa shape index (κ3) is 2.86. The molecule has 0 saturated heterocycles. The molecule has 0 radical (unpaired) electrons. The van der Waals surface area contributed by atoms with E-state index in [1.807, 2.05) is 0 Å². The number of nitrogens with zero attached hydrogens (tertiary/aromatic N) is 1. The quantitative estimate of drug-likeness (QED) is 0.863. The third-order valence-electron chi connectivity index (χ3n) is 3.31. The summed E-state index contributed by atoms with van der Waals surface area (Å²) in [6.45, 7) is 1.58. The molecule has 2 rings (SSSR count). The van der Waals surface area contributed by atoms with E-state index in [9.17, 15) is 23.1 Å². The molecule has 2 N–H and O–H groups in total. The third-order valence-corrected chi connectivity index (χ3v) is 3.31. The van der Waals surface area contributed by atoms with E-state index in [0.29, 0.717) is 18.9 Å². The summed E-state index contributed by atoms with van der Waals surface area (Å²) in [5.74, 6) is -0.641. The van der Waals surface area contributed by atoms with Gasteiger partial charge in [0.15, 0.2) is 0 Å². The first-order valence-electron chi connectivity index (χ1n) is 5.76. The lowest BCUT2D eigenvalue weighted by molar-refractivity contribution is -0.141. The van der Waals surface area contributed by atoms with Gasteiger partial charge in [0.25, 0.3) is 5.91 Å². The van der Waals surface area contributed by atoms with Crippen LogP contribution in [0.4, 0.5) is 13.2 Å². The number of aliphatic hydroxyl groups is 1. The highest BCUT2D eigenvalue weighted by molar-refractivity contribution is 5.94. The monoisotopic (exact) mass is 274 g/mol. The van der Waals surface area contributed by atoms with Crippen molar-refractivity contribution in [3.05, 3.63) is 29.6 Å². The molecule has 0 bridgehead atoms. The van der Waals surface area contributed by atoms with Crippen molar-refractivity contribution in [2.24, 2.45) is 0 Å². The second-order valence-corrected chi connectivity index (χ2v) is 4.85. The molecular formula is C12H13F3N2O2. The number of rotatable bonds is 2. The minimum atomic E-state index is -4.59. The lowest BCUT2D eigenvalue weighted by Crippen LogP contribution is -2.58. The fraction of sp³-hybridized carbons (Fsp3) is 0.500. The smallest absolute Gasteiger partial charge is 0.388 e. The van der Waals surface area contributed by atoms with Crippen LogP contribution in [-0.4, -0.2) is 27.6 Å². The Morgan fingerprint density at radius 3 is 2.74 bits per heavy atom. The number of aromatic nitrogens is 1. The van der Waals surface area contributed by atoms with E-state index in [1.165, 1.54) is 6.07 Å². The van der Waals surface area contributed by atoms with Crippen LogP contribution in [0.3, 0.4) is 0 Å². The molecule has 0 aromatic carbocycles. The maximum Gasteiger partial charge on any atom is 0.433 e. The molecule has 0 spiro atoms. The van der Waals surface area contributed by atoms with Gasteiger partial charge in [-0.05, 0) is 31.9 Å². The van der Waals surface area contributed by atoms with Crippen LogP contribution < -0.4 is 5.32 Å². The molecule has 1 aliphatic rings. The molecule has 0 unspecified atom stereocenters. The van der Waals surface area contributed by atoms with Crippen LogP contribution >= 0.6 is 0 Å². The zero-order valence-electron chi connectivity index (χ0n) is 10.2. The summed E-state index contributed by atoms with van der Waals surface area (Å²) in [5, 5.41) is 12.3. The number of carbonyl (C=O) groups excluding carboxylic acids is 1. The Morgan fingerprint density at radius 1 is 1.58 bits per heavy atom. The van der Waals surface area contributed by atoms with Gasteiger partial charge in [0.2, 0.25) is 0 Å². The standard InChI is InChI=1S/C12H13F3N2O2/c1-11(19)4-2-8(11)17-10(18)7-3-5-16-9(6-7)12(13,14)15/h3,5-6,8,19H,2,4H2,1H3,(H,17,18)/t8-,11-/m1/s1. The molecule has 1 fully saturated rings. The Balaban J connectivity index is 2.12. The largest absolute Gasteiger partial charge is 0.433 e. The van der Waals surface area contributed by atoms with Crippen LogP contribution in [-0.2, 0) is 6.18 Å². The summed E-state index contributed by atoms with van der Waals surface area (Å²) < 4.78 is 37.4. The van der Waals surface area contributed by atoms with E-state index < -0.39 is 29.4 Å². The number of pyridine rings is 1. The fourth-order valence-electron chi connectivity index (χ4n) is 1.90. The van der Waals surface area contributed by atoms with Crippen molar-refractivity contribution in [2.75, 3.05) is 0 Å². The Hall–Kier alpha value is -1.63. The first-order chi connectivity index (χ1) is 8.70. The van der Waals surface area contributed by atoms with Gasteiger partial charge in [-0.15, -0.1) is 0 Å². The summed E-state index contributed by atoms with van der Waals surface area (Å²) in [7, 11) is 0. The molecule has 0 aliphatic heterocycles. The highest BCUT2D eigenvalue weighted by Crippen LogP contribution is 2.32. The van der Waals surface area contributed by atoms with Crippen LogP contribution in [0.5, 0.6) is 0 Å². The summed E-state index contributed by atoms with van der Waals surface area (Å²) in [5.41, 5.74) is -2.22. The maximum atomic E-state index is 12.5. The molecule has 1 aliphatic carbocycles. The van der Waals surface area contributed by atoms with Crippen LogP contribution in [0.2, 0.25) is 0 Å².